The van der Waals surface area contributed by atoms with Gasteiger partial charge in [-0.05, 0) is 42.0 Å². The Kier molecular flexibility index (Phi) is 8.74. The number of carbonyl (C=O) groups excluding carboxylic acids is 1. The Hall–Kier alpha value is -4.91. The average Bonchev–Trinajstić information content (AvgIpc) is 3.40. The number of amides is 1. The molecule has 0 saturated carbocycles. The number of ether oxygens (including phenoxy) is 3. The molecule has 0 aliphatic heterocycles. The molecule has 0 saturated heterocycles. The number of para-hydroxylation sites is 1. The molecule has 0 fully saturated rings. The second-order valence-corrected chi connectivity index (χ2v) is 8.76. The number of nitrogens with zero attached hydrogens (tertiary/aromatic N) is 5. The molecule has 200 valence electrons. The van der Waals surface area contributed by atoms with Crippen molar-refractivity contribution in [3.05, 3.63) is 82.4 Å². The molecule has 4 aromatic rings. The largest absolute Gasteiger partial charge is 0.493 e. The molecule has 0 atom stereocenters. The fourth-order valence-electron chi connectivity index (χ4n) is 3.59. The first-order valence-electron chi connectivity index (χ1n) is 11.5. The second kappa shape index (κ2) is 12.6. The van der Waals surface area contributed by atoms with E-state index in [1.165, 1.54) is 63.6 Å². The minimum atomic E-state index is -0.485. The summed E-state index contributed by atoms with van der Waals surface area (Å²) in [5.41, 5.74) is 4.50. The third-order valence-corrected chi connectivity index (χ3v) is 6.34. The van der Waals surface area contributed by atoms with Crippen molar-refractivity contribution in [3.8, 4) is 34.3 Å². The number of hydrogen-bond donors (Lipinski definition) is 1. The van der Waals surface area contributed by atoms with Gasteiger partial charge in [-0.1, -0.05) is 30.0 Å². The lowest BCUT2D eigenvalue weighted by atomic mass is 10.1. The van der Waals surface area contributed by atoms with Crippen molar-refractivity contribution in [2.24, 2.45) is 5.10 Å². The molecule has 1 heterocycles. The molecule has 0 spiro atoms. The van der Waals surface area contributed by atoms with Gasteiger partial charge in [-0.3, -0.25) is 19.5 Å². The van der Waals surface area contributed by atoms with E-state index in [4.69, 9.17) is 14.2 Å². The number of methoxy groups -OCH3 is 3. The van der Waals surface area contributed by atoms with Gasteiger partial charge in [0.15, 0.2) is 22.5 Å². The first-order chi connectivity index (χ1) is 18.9. The van der Waals surface area contributed by atoms with Crippen LogP contribution in [0.2, 0.25) is 0 Å². The van der Waals surface area contributed by atoms with Crippen LogP contribution in [0.3, 0.4) is 0 Å². The summed E-state index contributed by atoms with van der Waals surface area (Å²) in [6, 6.07) is 18.8. The Balaban J connectivity index is 1.55. The highest BCUT2D eigenvalue weighted by Gasteiger charge is 2.21. The van der Waals surface area contributed by atoms with Gasteiger partial charge >= 0.3 is 0 Å². The standard InChI is InChI=1S/C26H24N6O6S/c1-36-21-13-18(14-22(37-2)24(21)38-3)25-29-30-26(31(25)19-7-5-4-6-8-19)39-16-23(33)28-27-15-17-9-11-20(12-10-17)32(34)35/h4-15H,16H2,1-3H3,(H,28,33). The van der Waals surface area contributed by atoms with E-state index in [-0.39, 0.29) is 17.3 Å². The minimum Gasteiger partial charge on any atom is -0.493 e. The summed E-state index contributed by atoms with van der Waals surface area (Å²) in [5, 5.41) is 23.9. The van der Waals surface area contributed by atoms with Gasteiger partial charge in [0.1, 0.15) is 0 Å². The van der Waals surface area contributed by atoms with Gasteiger partial charge in [-0.25, -0.2) is 5.43 Å². The van der Waals surface area contributed by atoms with Crippen molar-refractivity contribution in [1.29, 1.82) is 0 Å². The van der Waals surface area contributed by atoms with Crippen LogP contribution in [0.4, 0.5) is 5.69 Å². The van der Waals surface area contributed by atoms with E-state index < -0.39 is 4.92 Å². The highest BCUT2D eigenvalue weighted by Crippen LogP contribution is 2.41. The number of carbonyl (C=O) groups is 1. The third kappa shape index (κ3) is 6.33. The van der Waals surface area contributed by atoms with E-state index in [1.54, 1.807) is 12.1 Å². The highest BCUT2D eigenvalue weighted by molar-refractivity contribution is 7.99. The minimum absolute atomic E-state index is 0.0117. The van der Waals surface area contributed by atoms with Crippen LogP contribution in [-0.4, -0.2) is 58.9 Å². The summed E-state index contributed by atoms with van der Waals surface area (Å²) in [5.74, 6) is 1.55. The van der Waals surface area contributed by atoms with Crippen LogP contribution in [0.1, 0.15) is 5.56 Å². The van der Waals surface area contributed by atoms with E-state index in [2.05, 4.69) is 20.7 Å². The lowest BCUT2D eigenvalue weighted by Gasteiger charge is -2.15. The molecule has 0 aliphatic rings. The number of hydrazone groups is 1. The van der Waals surface area contributed by atoms with Crippen LogP contribution in [0.5, 0.6) is 17.2 Å². The summed E-state index contributed by atoms with van der Waals surface area (Å²) in [7, 11) is 4.60. The number of rotatable bonds is 11. The van der Waals surface area contributed by atoms with Crippen molar-refractivity contribution in [3.63, 3.8) is 0 Å². The lowest BCUT2D eigenvalue weighted by Crippen LogP contribution is -2.20. The molecule has 1 amide bonds. The van der Waals surface area contributed by atoms with Gasteiger partial charge in [0, 0.05) is 23.4 Å². The molecule has 4 rings (SSSR count). The van der Waals surface area contributed by atoms with Crippen LogP contribution in [0.25, 0.3) is 17.1 Å². The molecule has 3 aromatic carbocycles. The number of nitrogens with one attached hydrogen (secondary N) is 1. The zero-order valence-electron chi connectivity index (χ0n) is 21.2. The zero-order valence-corrected chi connectivity index (χ0v) is 22.0. The van der Waals surface area contributed by atoms with Gasteiger partial charge in [0.2, 0.25) is 5.75 Å². The Morgan fingerprint density at radius 1 is 1.03 bits per heavy atom. The van der Waals surface area contributed by atoms with Gasteiger partial charge in [0.05, 0.1) is 38.2 Å². The fourth-order valence-corrected chi connectivity index (χ4v) is 4.34. The SMILES string of the molecule is COc1cc(-c2nnc(SCC(=O)NN=Cc3ccc([N+](=O)[O-])cc3)n2-c2ccccc2)cc(OC)c1OC. The average molecular weight is 549 g/mol. The zero-order chi connectivity index (χ0) is 27.8. The maximum Gasteiger partial charge on any atom is 0.269 e. The Labute approximate surface area is 227 Å². The maximum atomic E-state index is 12.5. The molecule has 1 N–H and O–H groups in total. The molecule has 39 heavy (non-hydrogen) atoms. The normalized spacial score (nSPS) is 10.8. The molecule has 12 nitrogen and oxygen atoms in total. The van der Waals surface area contributed by atoms with Crippen LogP contribution < -0.4 is 19.6 Å². The molecule has 0 unspecified atom stereocenters. The number of hydrogen-bond acceptors (Lipinski definition) is 10. The van der Waals surface area contributed by atoms with Crippen molar-refractivity contribution < 1.29 is 23.9 Å². The van der Waals surface area contributed by atoms with E-state index in [0.29, 0.717) is 39.4 Å². The van der Waals surface area contributed by atoms with Gasteiger partial charge in [0.25, 0.3) is 11.6 Å². The fraction of sp³-hybridized carbons (Fsp3) is 0.154. The molecule has 0 bridgehead atoms. The number of non-ortho nitro benzene ring substituents is 1. The lowest BCUT2D eigenvalue weighted by molar-refractivity contribution is -0.384. The molecular weight excluding hydrogens is 524 g/mol. The van der Waals surface area contributed by atoms with Crippen molar-refractivity contribution in [2.75, 3.05) is 27.1 Å². The van der Waals surface area contributed by atoms with Crippen molar-refractivity contribution >= 4 is 29.6 Å². The number of aromatic nitrogens is 3. The highest BCUT2D eigenvalue weighted by atomic mass is 32.2. The summed E-state index contributed by atoms with van der Waals surface area (Å²) in [6.45, 7) is 0. The Morgan fingerprint density at radius 3 is 2.28 bits per heavy atom. The summed E-state index contributed by atoms with van der Waals surface area (Å²) >= 11 is 1.19. The van der Waals surface area contributed by atoms with Crippen LogP contribution in [0, 0.1) is 10.1 Å². The van der Waals surface area contributed by atoms with E-state index in [1.807, 2.05) is 34.9 Å². The van der Waals surface area contributed by atoms with Crippen molar-refractivity contribution in [1.82, 2.24) is 20.2 Å². The van der Waals surface area contributed by atoms with E-state index in [9.17, 15) is 14.9 Å². The first kappa shape index (κ1) is 27.1. The third-order valence-electron chi connectivity index (χ3n) is 5.41. The topological polar surface area (TPSA) is 143 Å². The molecule has 0 aliphatic carbocycles. The number of benzene rings is 3. The monoisotopic (exact) mass is 548 g/mol. The van der Waals surface area contributed by atoms with Gasteiger partial charge in [-0.2, -0.15) is 5.10 Å². The van der Waals surface area contributed by atoms with E-state index in [0.717, 1.165) is 5.69 Å². The second-order valence-electron chi connectivity index (χ2n) is 7.82. The maximum absolute atomic E-state index is 12.5. The number of thioether (sulfide) groups is 1. The van der Waals surface area contributed by atoms with Gasteiger partial charge in [-0.15, -0.1) is 10.2 Å². The smallest absolute Gasteiger partial charge is 0.269 e. The predicted molar refractivity (Wildman–Crippen MR) is 146 cm³/mol. The molecule has 1 aromatic heterocycles. The summed E-state index contributed by atoms with van der Waals surface area (Å²) < 4.78 is 18.2. The summed E-state index contributed by atoms with van der Waals surface area (Å²) in [6.07, 6.45) is 1.40. The first-order valence-corrected chi connectivity index (χ1v) is 12.4. The van der Waals surface area contributed by atoms with Crippen LogP contribution >= 0.6 is 11.8 Å². The predicted octanol–water partition coefficient (Wildman–Crippen LogP) is 4.11. The van der Waals surface area contributed by atoms with Crippen molar-refractivity contribution in [2.45, 2.75) is 5.16 Å². The summed E-state index contributed by atoms with van der Waals surface area (Å²) in [4.78, 5) is 22.8. The Morgan fingerprint density at radius 2 is 1.69 bits per heavy atom. The number of nitro groups is 1. The Bertz CT molecular complexity index is 1470. The quantitative estimate of drug-likeness (QED) is 0.127. The van der Waals surface area contributed by atoms with E-state index >= 15 is 0 Å². The van der Waals surface area contributed by atoms with Crippen LogP contribution in [0.15, 0.2) is 77.0 Å². The molecule has 13 heteroatoms. The van der Waals surface area contributed by atoms with Gasteiger partial charge < -0.3 is 14.2 Å². The number of nitro benzene ring substituents is 1. The molecule has 0 radical (unpaired) electrons. The molecular formula is C26H24N6O6S. The van der Waals surface area contributed by atoms with Crippen LogP contribution in [-0.2, 0) is 4.79 Å².